The van der Waals surface area contributed by atoms with Crippen molar-refractivity contribution in [3.63, 3.8) is 0 Å². The summed E-state index contributed by atoms with van der Waals surface area (Å²) in [4.78, 5) is 17.9. The third kappa shape index (κ3) is 2.99. The second kappa shape index (κ2) is 6.05. The van der Waals surface area contributed by atoms with Crippen LogP contribution in [-0.4, -0.2) is 28.1 Å². The molecule has 2 fully saturated rings. The lowest BCUT2D eigenvalue weighted by atomic mass is 9.99. The largest absolute Gasteiger partial charge is 0.394 e. The summed E-state index contributed by atoms with van der Waals surface area (Å²) in [5.41, 5.74) is 0.437. The minimum atomic E-state index is -0.402. The molecule has 2 N–H and O–H groups in total. The Labute approximate surface area is 130 Å². The van der Waals surface area contributed by atoms with Gasteiger partial charge in [-0.3, -0.25) is 4.79 Å². The topological polar surface area (TPSA) is 62.2 Å². The molecule has 0 aromatic carbocycles. The summed E-state index contributed by atoms with van der Waals surface area (Å²) in [6.45, 7) is 1.95. The minimum Gasteiger partial charge on any atom is -0.394 e. The summed E-state index contributed by atoms with van der Waals surface area (Å²) >= 11 is 1.55. The molecule has 0 unspecified atom stereocenters. The number of aromatic nitrogens is 1. The molecule has 1 aromatic rings. The first kappa shape index (κ1) is 15.0. The van der Waals surface area contributed by atoms with Gasteiger partial charge in [0.1, 0.15) is 4.88 Å². The van der Waals surface area contributed by atoms with Crippen LogP contribution < -0.4 is 5.32 Å². The SMILES string of the molecule is Cc1nc(C2CCCC2)sc1C(=O)NC1(CO)CCCC1. The number of carbonyl (C=O) groups excluding carboxylic acids is 1. The Morgan fingerprint density at radius 1 is 1.33 bits per heavy atom. The van der Waals surface area contributed by atoms with Gasteiger partial charge in [0.15, 0.2) is 0 Å². The molecule has 0 spiro atoms. The van der Waals surface area contributed by atoms with E-state index >= 15 is 0 Å². The Morgan fingerprint density at radius 2 is 2.00 bits per heavy atom. The molecule has 5 heteroatoms. The normalized spacial score (nSPS) is 21.8. The number of thiazole rings is 1. The number of aryl methyl sites for hydroxylation is 1. The van der Waals surface area contributed by atoms with Crippen LogP contribution in [0.15, 0.2) is 0 Å². The Bertz CT molecular complexity index is 514. The molecule has 3 rings (SSSR count). The first-order valence-corrected chi connectivity index (χ1v) is 8.86. The first-order valence-electron chi connectivity index (χ1n) is 8.04. The molecule has 4 nitrogen and oxygen atoms in total. The summed E-state index contributed by atoms with van der Waals surface area (Å²) < 4.78 is 0. The number of aliphatic hydroxyl groups excluding tert-OH is 1. The smallest absolute Gasteiger partial charge is 0.263 e. The van der Waals surface area contributed by atoms with E-state index in [1.54, 1.807) is 11.3 Å². The van der Waals surface area contributed by atoms with Crippen LogP contribution in [0.4, 0.5) is 0 Å². The van der Waals surface area contributed by atoms with Crippen molar-refractivity contribution in [1.29, 1.82) is 0 Å². The van der Waals surface area contributed by atoms with Gasteiger partial charge in [-0.15, -0.1) is 11.3 Å². The Kier molecular flexibility index (Phi) is 4.31. The molecule has 116 valence electrons. The van der Waals surface area contributed by atoms with Crippen molar-refractivity contribution in [2.45, 2.75) is 69.7 Å². The lowest BCUT2D eigenvalue weighted by Gasteiger charge is -2.27. The molecule has 1 heterocycles. The molecule has 2 saturated carbocycles. The van der Waals surface area contributed by atoms with E-state index in [4.69, 9.17) is 0 Å². The lowest BCUT2D eigenvalue weighted by molar-refractivity contribution is 0.0842. The average Bonchev–Trinajstić information content (AvgIpc) is 3.18. The van der Waals surface area contributed by atoms with Crippen LogP contribution >= 0.6 is 11.3 Å². The Morgan fingerprint density at radius 3 is 2.62 bits per heavy atom. The number of rotatable bonds is 4. The van der Waals surface area contributed by atoms with Crippen LogP contribution in [-0.2, 0) is 0 Å². The number of hydrogen-bond donors (Lipinski definition) is 2. The fourth-order valence-corrected chi connectivity index (χ4v) is 4.78. The summed E-state index contributed by atoms with van der Waals surface area (Å²) in [6.07, 6.45) is 8.87. The molecular weight excluding hydrogens is 284 g/mol. The van der Waals surface area contributed by atoms with Crippen molar-refractivity contribution in [2.75, 3.05) is 6.61 Å². The van der Waals surface area contributed by atoms with Gasteiger partial charge >= 0.3 is 0 Å². The third-order valence-corrected chi connectivity index (χ3v) is 6.28. The number of amides is 1. The van der Waals surface area contributed by atoms with Crippen molar-refractivity contribution in [2.24, 2.45) is 0 Å². The zero-order valence-electron chi connectivity index (χ0n) is 12.7. The number of hydrogen-bond acceptors (Lipinski definition) is 4. The van der Waals surface area contributed by atoms with Crippen molar-refractivity contribution >= 4 is 17.2 Å². The standard InChI is InChI=1S/C16H24N2O2S/c1-11-13(21-15(17-11)12-6-2-3-7-12)14(20)18-16(10-19)8-4-5-9-16/h12,19H,2-10H2,1H3,(H,18,20). The van der Waals surface area contributed by atoms with Crippen molar-refractivity contribution < 1.29 is 9.90 Å². The van der Waals surface area contributed by atoms with Crippen LogP contribution in [0.5, 0.6) is 0 Å². The van der Waals surface area contributed by atoms with E-state index in [1.807, 2.05) is 6.92 Å². The fourth-order valence-electron chi connectivity index (χ4n) is 3.65. The molecule has 0 radical (unpaired) electrons. The number of nitrogens with zero attached hydrogens (tertiary/aromatic N) is 1. The maximum Gasteiger partial charge on any atom is 0.263 e. The van der Waals surface area contributed by atoms with Crippen molar-refractivity contribution in [3.05, 3.63) is 15.6 Å². The average molecular weight is 308 g/mol. The van der Waals surface area contributed by atoms with E-state index in [2.05, 4.69) is 10.3 Å². The summed E-state index contributed by atoms with van der Waals surface area (Å²) in [7, 11) is 0. The van der Waals surface area contributed by atoms with Gasteiger partial charge in [0.05, 0.1) is 22.8 Å². The Hall–Kier alpha value is -0.940. The fraction of sp³-hybridized carbons (Fsp3) is 0.750. The van der Waals surface area contributed by atoms with Gasteiger partial charge in [-0.05, 0) is 32.6 Å². The minimum absolute atomic E-state index is 0.0338. The van der Waals surface area contributed by atoms with E-state index in [0.717, 1.165) is 41.3 Å². The molecule has 0 saturated heterocycles. The second-order valence-electron chi connectivity index (χ2n) is 6.55. The highest BCUT2D eigenvalue weighted by Crippen LogP contribution is 2.37. The van der Waals surface area contributed by atoms with Crippen molar-refractivity contribution in [3.8, 4) is 0 Å². The quantitative estimate of drug-likeness (QED) is 0.898. The third-order valence-electron chi connectivity index (χ3n) is 4.97. The summed E-state index contributed by atoms with van der Waals surface area (Å²) in [5, 5.41) is 13.8. The van der Waals surface area contributed by atoms with Crippen LogP contribution in [0.1, 0.15) is 77.7 Å². The highest BCUT2D eigenvalue weighted by atomic mass is 32.1. The molecule has 1 amide bonds. The molecular formula is C16H24N2O2S. The molecule has 0 aliphatic heterocycles. The van der Waals surface area contributed by atoms with Crippen LogP contribution in [0.25, 0.3) is 0 Å². The second-order valence-corrected chi connectivity index (χ2v) is 7.58. The highest BCUT2D eigenvalue weighted by molar-refractivity contribution is 7.13. The van der Waals surface area contributed by atoms with Crippen LogP contribution in [0.3, 0.4) is 0 Å². The molecule has 0 bridgehead atoms. The van der Waals surface area contributed by atoms with E-state index in [-0.39, 0.29) is 12.5 Å². The molecule has 2 aliphatic rings. The van der Waals surface area contributed by atoms with Gasteiger partial charge in [0, 0.05) is 5.92 Å². The zero-order valence-corrected chi connectivity index (χ0v) is 13.5. The molecule has 1 aromatic heterocycles. The summed E-state index contributed by atoms with van der Waals surface area (Å²) in [5.74, 6) is 0.499. The predicted molar refractivity (Wildman–Crippen MR) is 83.8 cm³/mol. The van der Waals surface area contributed by atoms with Crippen molar-refractivity contribution in [1.82, 2.24) is 10.3 Å². The number of carbonyl (C=O) groups is 1. The first-order chi connectivity index (χ1) is 10.1. The number of nitrogens with one attached hydrogen (secondary N) is 1. The van der Waals surface area contributed by atoms with Crippen LogP contribution in [0.2, 0.25) is 0 Å². The maximum atomic E-state index is 12.6. The Balaban J connectivity index is 1.75. The maximum absolute atomic E-state index is 12.6. The van der Waals surface area contributed by atoms with Gasteiger partial charge in [-0.2, -0.15) is 0 Å². The van der Waals surface area contributed by atoms with Gasteiger partial charge in [-0.25, -0.2) is 4.98 Å². The monoisotopic (exact) mass is 308 g/mol. The van der Waals surface area contributed by atoms with Gasteiger partial charge in [0.25, 0.3) is 5.91 Å². The molecule has 0 atom stereocenters. The van der Waals surface area contributed by atoms with Gasteiger partial charge in [-0.1, -0.05) is 25.7 Å². The highest BCUT2D eigenvalue weighted by Gasteiger charge is 2.36. The lowest BCUT2D eigenvalue weighted by Crippen LogP contribution is -2.49. The van der Waals surface area contributed by atoms with E-state index in [9.17, 15) is 9.90 Å². The summed E-state index contributed by atoms with van der Waals surface area (Å²) in [6, 6.07) is 0. The molecule has 21 heavy (non-hydrogen) atoms. The van der Waals surface area contributed by atoms with E-state index in [1.165, 1.54) is 25.7 Å². The van der Waals surface area contributed by atoms with Crippen LogP contribution in [0, 0.1) is 6.92 Å². The predicted octanol–water partition coefficient (Wildman–Crippen LogP) is 3.14. The molecule has 2 aliphatic carbocycles. The van der Waals surface area contributed by atoms with E-state index in [0.29, 0.717) is 5.92 Å². The number of aliphatic hydroxyl groups is 1. The van der Waals surface area contributed by atoms with Gasteiger partial charge in [0.2, 0.25) is 0 Å². The zero-order chi connectivity index (χ0) is 14.9. The van der Waals surface area contributed by atoms with Gasteiger partial charge < -0.3 is 10.4 Å². The van der Waals surface area contributed by atoms with E-state index < -0.39 is 5.54 Å².